The van der Waals surface area contributed by atoms with Crippen LogP contribution in [0.1, 0.15) is 0 Å². The molecule has 0 unspecified atom stereocenters. The fourth-order valence-electron chi connectivity index (χ4n) is 1.93. The lowest BCUT2D eigenvalue weighted by Crippen LogP contribution is -1.92. The van der Waals surface area contributed by atoms with Crippen LogP contribution in [0.15, 0.2) is 42.6 Å². The van der Waals surface area contributed by atoms with Gasteiger partial charge in [0.2, 0.25) is 0 Å². The summed E-state index contributed by atoms with van der Waals surface area (Å²) in [7, 11) is 1.92. The fourth-order valence-corrected chi connectivity index (χ4v) is 1.93. The summed E-state index contributed by atoms with van der Waals surface area (Å²) in [4.78, 5) is 8.64. The van der Waals surface area contributed by atoms with Gasteiger partial charge in [-0.1, -0.05) is 12.1 Å². The van der Waals surface area contributed by atoms with Gasteiger partial charge in [0.05, 0.1) is 11.1 Å². The lowest BCUT2D eigenvalue weighted by Gasteiger charge is -2.03. The Hall–Kier alpha value is -2.36. The second-order valence-corrected chi connectivity index (χ2v) is 3.86. The van der Waals surface area contributed by atoms with Crippen LogP contribution in [0.4, 0.5) is 0 Å². The third-order valence-electron chi connectivity index (χ3n) is 2.80. The molecule has 2 heterocycles. The molecule has 2 aromatic heterocycles. The van der Waals surface area contributed by atoms with Crippen molar-refractivity contribution < 1.29 is 5.11 Å². The van der Waals surface area contributed by atoms with Crippen LogP contribution in [0.5, 0.6) is 5.75 Å². The van der Waals surface area contributed by atoms with Crippen LogP contribution < -0.4 is 0 Å². The predicted molar refractivity (Wildman–Crippen MR) is 65.6 cm³/mol. The summed E-state index contributed by atoms with van der Waals surface area (Å²) in [6.45, 7) is 0. The molecule has 0 aliphatic carbocycles. The van der Waals surface area contributed by atoms with Gasteiger partial charge in [-0.3, -0.25) is 0 Å². The molecule has 0 aliphatic heterocycles. The number of fused-ring (bicyclic) bond motifs is 1. The molecule has 0 saturated heterocycles. The standard InChI is InChI=1S/C13H11N3O/c1-16-10-6-4-8-14-12(10)15-13(16)9-5-2-3-7-11(9)17/h2-8,17H,1H3. The number of benzene rings is 1. The van der Waals surface area contributed by atoms with E-state index >= 15 is 0 Å². The lowest BCUT2D eigenvalue weighted by atomic mass is 10.2. The molecule has 17 heavy (non-hydrogen) atoms. The molecular formula is C13H11N3O. The predicted octanol–water partition coefficient (Wildman–Crippen LogP) is 2.34. The summed E-state index contributed by atoms with van der Waals surface area (Å²) in [5.41, 5.74) is 2.35. The van der Waals surface area contributed by atoms with E-state index in [1.54, 1.807) is 18.3 Å². The van der Waals surface area contributed by atoms with Crippen molar-refractivity contribution in [1.29, 1.82) is 0 Å². The van der Waals surface area contributed by atoms with E-state index in [9.17, 15) is 5.11 Å². The first kappa shape index (κ1) is 9.84. The van der Waals surface area contributed by atoms with Crippen molar-refractivity contribution >= 4 is 11.2 Å². The second-order valence-electron chi connectivity index (χ2n) is 3.86. The Kier molecular flexibility index (Phi) is 2.08. The summed E-state index contributed by atoms with van der Waals surface area (Å²) in [6, 6.07) is 11.0. The molecule has 0 aliphatic rings. The van der Waals surface area contributed by atoms with Crippen LogP contribution in [-0.2, 0) is 7.05 Å². The van der Waals surface area contributed by atoms with Gasteiger partial charge < -0.3 is 9.67 Å². The Labute approximate surface area is 98.2 Å². The molecule has 3 aromatic rings. The van der Waals surface area contributed by atoms with Crippen LogP contribution in [0.2, 0.25) is 0 Å². The number of aryl methyl sites for hydroxylation is 1. The van der Waals surface area contributed by atoms with Gasteiger partial charge >= 0.3 is 0 Å². The Morgan fingerprint density at radius 3 is 2.71 bits per heavy atom. The van der Waals surface area contributed by atoms with Crippen LogP contribution in [-0.4, -0.2) is 19.6 Å². The van der Waals surface area contributed by atoms with Gasteiger partial charge in [0, 0.05) is 13.2 Å². The van der Waals surface area contributed by atoms with Gasteiger partial charge in [-0.2, -0.15) is 0 Å². The Balaban J connectivity index is 2.32. The topological polar surface area (TPSA) is 50.9 Å². The molecule has 0 atom stereocenters. The zero-order chi connectivity index (χ0) is 11.8. The first-order valence-corrected chi connectivity index (χ1v) is 5.33. The largest absolute Gasteiger partial charge is 0.507 e. The monoisotopic (exact) mass is 225 g/mol. The zero-order valence-electron chi connectivity index (χ0n) is 9.33. The molecule has 3 rings (SSSR count). The second kappa shape index (κ2) is 3.59. The van der Waals surface area contributed by atoms with Crippen molar-refractivity contribution in [3.63, 3.8) is 0 Å². The van der Waals surface area contributed by atoms with Gasteiger partial charge in [-0.15, -0.1) is 0 Å². The average molecular weight is 225 g/mol. The van der Waals surface area contributed by atoms with Crippen molar-refractivity contribution in [1.82, 2.24) is 14.5 Å². The van der Waals surface area contributed by atoms with E-state index in [1.165, 1.54) is 0 Å². The molecule has 0 saturated carbocycles. The minimum absolute atomic E-state index is 0.228. The molecule has 0 spiro atoms. The highest BCUT2D eigenvalue weighted by molar-refractivity contribution is 5.78. The van der Waals surface area contributed by atoms with E-state index in [4.69, 9.17) is 0 Å². The lowest BCUT2D eigenvalue weighted by molar-refractivity contribution is 0.476. The number of rotatable bonds is 1. The van der Waals surface area contributed by atoms with Crippen LogP contribution in [0.25, 0.3) is 22.6 Å². The van der Waals surface area contributed by atoms with E-state index in [0.29, 0.717) is 11.2 Å². The Morgan fingerprint density at radius 1 is 1.12 bits per heavy atom. The van der Waals surface area contributed by atoms with E-state index < -0.39 is 0 Å². The normalized spacial score (nSPS) is 10.9. The quantitative estimate of drug-likeness (QED) is 0.691. The molecule has 84 valence electrons. The zero-order valence-corrected chi connectivity index (χ0v) is 9.33. The molecule has 0 fully saturated rings. The summed E-state index contributed by atoms with van der Waals surface area (Å²) in [6.07, 6.45) is 1.71. The first-order valence-electron chi connectivity index (χ1n) is 5.33. The summed E-state index contributed by atoms with van der Waals surface area (Å²) < 4.78 is 1.93. The highest BCUT2D eigenvalue weighted by Gasteiger charge is 2.12. The molecule has 0 bridgehead atoms. The number of hydrogen-bond donors (Lipinski definition) is 1. The van der Waals surface area contributed by atoms with Crippen molar-refractivity contribution in [2.75, 3.05) is 0 Å². The number of pyridine rings is 1. The van der Waals surface area contributed by atoms with Crippen molar-refractivity contribution in [2.45, 2.75) is 0 Å². The SMILES string of the molecule is Cn1c(-c2ccccc2O)nc2ncccc21. The summed E-state index contributed by atoms with van der Waals surface area (Å²) in [5, 5.41) is 9.84. The molecular weight excluding hydrogens is 214 g/mol. The maximum atomic E-state index is 9.84. The van der Waals surface area contributed by atoms with Gasteiger partial charge in [-0.05, 0) is 24.3 Å². The number of imidazole rings is 1. The van der Waals surface area contributed by atoms with Crippen LogP contribution in [0, 0.1) is 0 Å². The Morgan fingerprint density at radius 2 is 1.94 bits per heavy atom. The third kappa shape index (κ3) is 1.45. The van der Waals surface area contributed by atoms with Crippen molar-refractivity contribution in [2.24, 2.45) is 7.05 Å². The fraction of sp³-hybridized carbons (Fsp3) is 0.0769. The first-order chi connectivity index (χ1) is 8.27. The van der Waals surface area contributed by atoms with Crippen LogP contribution >= 0.6 is 0 Å². The number of phenols is 1. The number of aromatic nitrogens is 3. The average Bonchev–Trinajstić information content (AvgIpc) is 2.68. The minimum Gasteiger partial charge on any atom is -0.507 e. The van der Waals surface area contributed by atoms with Gasteiger partial charge in [0.1, 0.15) is 11.6 Å². The molecule has 0 amide bonds. The van der Waals surface area contributed by atoms with Crippen LogP contribution in [0.3, 0.4) is 0 Å². The highest BCUT2D eigenvalue weighted by Crippen LogP contribution is 2.29. The van der Waals surface area contributed by atoms with Crippen molar-refractivity contribution in [3.05, 3.63) is 42.6 Å². The summed E-state index contributed by atoms with van der Waals surface area (Å²) >= 11 is 0. The molecule has 1 N–H and O–H groups in total. The Bertz CT molecular complexity index is 688. The number of nitrogens with zero attached hydrogens (tertiary/aromatic N) is 3. The number of para-hydroxylation sites is 1. The van der Waals surface area contributed by atoms with E-state index in [1.807, 2.05) is 35.9 Å². The maximum Gasteiger partial charge on any atom is 0.178 e. The highest BCUT2D eigenvalue weighted by atomic mass is 16.3. The summed E-state index contributed by atoms with van der Waals surface area (Å²) in [5.74, 6) is 0.947. The maximum absolute atomic E-state index is 9.84. The smallest absolute Gasteiger partial charge is 0.178 e. The van der Waals surface area contributed by atoms with Gasteiger partial charge in [-0.25, -0.2) is 9.97 Å². The number of hydrogen-bond acceptors (Lipinski definition) is 3. The third-order valence-corrected chi connectivity index (χ3v) is 2.80. The van der Waals surface area contributed by atoms with Gasteiger partial charge in [0.25, 0.3) is 0 Å². The molecule has 4 heteroatoms. The molecule has 4 nitrogen and oxygen atoms in total. The van der Waals surface area contributed by atoms with Gasteiger partial charge in [0.15, 0.2) is 5.65 Å². The van der Waals surface area contributed by atoms with E-state index in [-0.39, 0.29) is 5.75 Å². The minimum atomic E-state index is 0.228. The van der Waals surface area contributed by atoms with Crippen molar-refractivity contribution in [3.8, 4) is 17.1 Å². The van der Waals surface area contributed by atoms with E-state index in [2.05, 4.69) is 9.97 Å². The number of phenolic OH excluding ortho intramolecular Hbond substituents is 1. The number of aromatic hydroxyl groups is 1. The molecule has 0 radical (unpaired) electrons. The molecule has 1 aromatic carbocycles. The van der Waals surface area contributed by atoms with E-state index in [0.717, 1.165) is 11.3 Å².